The number of oxime groups is 1. The van der Waals surface area contributed by atoms with Gasteiger partial charge >= 0.3 is 16.1 Å². The molecule has 29 heavy (non-hydrogen) atoms. The third-order valence-corrected chi connectivity index (χ3v) is 5.43. The van der Waals surface area contributed by atoms with Gasteiger partial charge in [-0.3, -0.25) is 0 Å². The molecule has 4 rings (SSSR count). The van der Waals surface area contributed by atoms with E-state index < -0.39 is 16.1 Å². The van der Waals surface area contributed by atoms with Crippen molar-refractivity contribution in [2.24, 2.45) is 5.16 Å². The average molecular weight is 405 g/mol. The van der Waals surface area contributed by atoms with E-state index in [1.165, 1.54) is 24.3 Å². The molecule has 0 unspecified atom stereocenters. The highest BCUT2D eigenvalue weighted by molar-refractivity contribution is 7.87. The van der Waals surface area contributed by atoms with Crippen LogP contribution in [0.4, 0.5) is 0 Å². The number of benzene rings is 3. The Morgan fingerprint density at radius 1 is 0.828 bits per heavy atom. The van der Waals surface area contributed by atoms with Gasteiger partial charge in [-0.1, -0.05) is 65.8 Å². The van der Waals surface area contributed by atoms with Crippen LogP contribution in [0.2, 0.25) is 0 Å². The molecule has 3 aromatic carbocycles. The molecule has 0 fully saturated rings. The van der Waals surface area contributed by atoms with Gasteiger partial charge in [0.25, 0.3) is 0 Å². The smallest absolute Gasteiger partial charge is 0.368 e. The van der Waals surface area contributed by atoms with Crippen molar-refractivity contribution < 1.29 is 22.2 Å². The molecule has 0 saturated heterocycles. The van der Waals surface area contributed by atoms with Crippen molar-refractivity contribution in [2.75, 3.05) is 0 Å². The lowest BCUT2D eigenvalue weighted by Crippen LogP contribution is -2.09. The molecule has 0 bridgehead atoms. The minimum absolute atomic E-state index is 0.0728. The Balaban J connectivity index is 1.57. The van der Waals surface area contributed by atoms with Gasteiger partial charge < -0.3 is 9.02 Å². The number of hydrogen-bond donors (Lipinski definition) is 0. The molecule has 7 heteroatoms. The van der Waals surface area contributed by atoms with Crippen molar-refractivity contribution in [1.82, 2.24) is 0 Å². The van der Waals surface area contributed by atoms with Crippen LogP contribution in [0.3, 0.4) is 0 Å². The molecule has 3 aromatic rings. The van der Waals surface area contributed by atoms with E-state index in [2.05, 4.69) is 5.16 Å². The molecule has 0 spiro atoms. The molecule has 1 aliphatic heterocycles. The summed E-state index contributed by atoms with van der Waals surface area (Å²) in [6.07, 6.45) is 1.64. The number of carbonyl (C=O) groups excluding carboxylic acids is 1. The van der Waals surface area contributed by atoms with Gasteiger partial charge in [-0.25, -0.2) is 4.79 Å². The highest BCUT2D eigenvalue weighted by Crippen LogP contribution is 2.23. The number of hydrogen-bond acceptors (Lipinski definition) is 6. The van der Waals surface area contributed by atoms with Crippen molar-refractivity contribution in [3.63, 3.8) is 0 Å². The minimum atomic E-state index is -3.91. The lowest BCUT2D eigenvalue weighted by Gasteiger charge is -2.07. The van der Waals surface area contributed by atoms with E-state index in [1.54, 1.807) is 36.4 Å². The maximum absolute atomic E-state index is 12.3. The summed E-state index contributed by atoms with van der Waals surface area (Å²) in [4.78, 5) is 17.0. The van der Waals surface area contributed by atoms with E-state index in [4.69, 9.17) is 9.02 Å². The van der Waals surface area contributed by atoms with Crippen molar-refractivity contribution in [2.45, 2.75) is 4.90 Å². The topological polar surface area (TPSA) is 82.0 Å². The largest absolute Gasteiger partial charge is 0.379 e. The molecule has 0 atom stereocenters. The van der Waals surface area contributed by atoms with E-state index >= 15 is 0 Å². The Morgan fingerprint density at radius 3 is 2.10 bits per heavy atom. The van der Waals surface area contributed by atoms with Crippen molar-refractivity contribution in [3.8, 4) is 5.75 Å². The Kier molecular flexibility index (Phi) is 4.97. The lowest BCUT2D eigenvalue weighted by atomic mass is 10.0. The fraction of sp³-hybridized carbons (Fsp3) is 0. The average Bonchev–Trinajstić information content (AvgIpc) is 3.11. The summed E-state index contributed by atoms with van der Waals surface area (Å²) in [6, 6.07) is 23.5. The minimum Gasteiger partial charge on any atom is -0.379 e. The molecule has 1 heterocycles. The van der Waals surface area contributed by atoms with E-state index in [0.717, 1.165) is 5.56 Å². The quantitative estimate of drug-likeness (QED) is 0.366. The van der Waals surface area contributed by atoms with Gasteiger partial charge in [0.15, 0.2) is 0 Å². The third-order valence-electron chi connectivity index (χ3n) is 4.17. The van der Waals surface area contributed by atoms with E-state index in [9.17, 15) is 13.2 Å². The van der Waals surface area contributed by atoms with Crippen LogP contribution in [-0.2, 0) is 19.8 Å². The first-order chi connectivity index (χ1) is 14.0. The summed E-state index contributed by atoms with van der Waals surface area (Å²) >= 11 is 0. The second kappa shape index (κ2) is 7.73. The molecular weight excluding hydrogens is 390 g/mol. The molecule has 144 valence electrons. The predicted molar refractivity (Wildman–Crippen MR) is 108 cm³/mol. The first-order valence-corrected chi connectivity index (χ1v) is 10.1. The van der Waals surface area contributed by atoms with E-state index in [1.807, 2.05) is 30.3 Å². The highest BCUT2D eigenvalue weighted by atomic mass is 32.2. The van der Waals surface area contributed by atoms with Gasteiger partial charge in [0.2, 0.25) is 0 Å². The van der Waals surface area contributed by atoms with Gasteiger partial charge in [-0.2, -0.15) is 8.42 Å². The van der Waals surface area contributed by atoms with Crippen LogP contribution in [0, 0.1) is 0 Å². The van der Waals surface area contributed by atoms with Crippen LogP contribution in [0.1, 0.15) is 11.1 Å². The van der Waals surface area contributed by atoms with Crippen LogP contribution in [0.25, 0.3) is 6.08 Å². The summed E-state index contributed by atoms with van der Waals surface area (Å²) in [5.74, 6) is -0.377. The monoisotopic (exact) mass is 405 g/mol. The zero-order chi connectivity index (χ0) is 20.3. The number of nitrogens with zero attached hydrogens (tertiary/aromatic N) is 1. The predicted octanol–water partition coefficient (Wildman–Crippen LogP) is 3.80. The lowest BCUT2D eigenvalue weighted by molar-refractivity contribution is -0.136. The normalized spacial score (nSPS) is 15.1. The molecule has 0 radical (unpaired) electrons. The second-order valence-corrected chi connectivity index (χ2v) is 7.71. The maximum Gasteiger partial charge on any atom is 0.368 e. The van der Waals surface area contributed by atoms with Crippen LogP contribution >= 0.6 is 0 Å². The van der Waals surface area contributed by atoms with Gasteiger partial charge in [0, 0.05) is 5.56 Å². The number of rotatable bonds is 5. The van der Waals surface area contributed by atoms with Gasteiger partial charge in [0.05, 0.1) is 5.57 Å². The Bertz CT molecular complexity index is 1200. The van der Waals surface area contributed by atoms with Crippen molar-refractivity contribution in [3.05, 3.63) is 102 Å². The van der Waals surface area contributed by atoms with Gasteiger partial charge in [-0.15, -0.1) is 0 Å². The summed E-state index contributed by atoms with van der Waals surface area (Å²) in [5, 5.41) is 3.86. The SMILES string of the molecule is O=C1ON=C(c2ccccc2)C1=Cc1ccc(OS(=O)(=O)c2ccccc2)cc1. The Labute approximate surface area is 167 Å². The zero-order valence-corrected chi connectivity index (χ0v) is 15.9. The van der Waals surface area contributed by atoms with Gasteiger partial charge in [-0.05, 0) is 35.9 Å². The van der Waals surface area contributed by atoms with Crippen LogP contribution in [0.15, 0.2) is 101 Å². The zero-order valence-electron chi connectivity index (χ0n) is 15.1. The van der Waals surface area contributed by atoms with E-state index in [0.29, 0.717) is 16.8 Å². The van der Waals surface area contributed by atoms with E-state index in [-0.39, 0.29) is 10.6 Å². The van der Waals surface area contributed by atoms with Crippen LogP contribution < -0.4 is 4.18 Å². The number of carbonyl (C=O) groups is 1. The molecular formula is C22H15NO5S. The second-order valence-electron chi connectivity index (χ2n) is 6.16. The summed E-state index contributed by atoms with van der Waals surface area (Å²) in [6.45, 7) is 0. The fourth-order valence-corrected chi connectivity index (χ4v) is 3.71. The third kappa shape index (κ3) is 4.09. The Hall–Kier alpha value is -3.71. The molecule has 0 aliphatic carbocycles. The molecule has 0 N–H and O–H groups in total. The van der Waals surface area contributed by atoms with Gasteiger partial charge in [0.1, 0.15) is 16.4 Å². The van der Waals surface area contributed by atoms with Crippen molar-refractivity contribution >= 4 is 27.9 Å². The van der Waals surface area contributed by atoms with Crippen LogP contribution in [0.5, 0.6) is 5.75 Å². The summed E-state index contributed by atoms with van der Waals surface area (Å²) < 4.78 is 29.8. The molecule has 0 amide bonds. The maximum atomic E-state index is 12.3. The molecule has 1 aliphatic rings. The Morgan fingerprint density at radius 2 is 1.45 bits per heavy atom. The summed E-state index contributed by atoms with van der Waals surface area (Å²) in [7, 11) is -3.91. The first kappa shape index (κ1) is 18.6. The molecule has 0 aromatic heterocycles. The fourth-order valence-electron chi connectivity index (χ4n) is 2.76. The first-order valence-electron chi connectivity index (χ1n) is 8.69. The highest BCUT2D eigenvalue weighted by Gasteiger charge is 2.26. The molecule has 0 saturated carbocycles. The molecule has 6 nitrogen and oxygen atoms in total. The van der Waals surface area contributed by atoms with Crippen LogP contribution in [-0.4, -0.2) is 20.1 Å². The summed E-state index contributed by atoms with van der Waals surface area (Å²) in [5.41, 5.74) is 2.20. The van der Waals surface area contributed by atoms with Crippen molar-refractivity contribution in [1.29, 1.82) is 0 Å². The standard InChI is InChI=1S/C22H15NO5S/c24-22-20(21(23-27-22)17-7-3-1-4-8-17)15-16-11-13-18(14-12-16)28-29(25,26)19-9-5-2-6-10-19/h1-15H.